The highest BCUT2D eigenvalue weighted by atomic mass is 31.2. The standard InChI is InChI=1S/C8H20N2O6P2/c1-6-4-2-3-5-7(6)9-10-8(17(11,12)13)18(14,15)16/h6-10H,2-5H2,1H3,(H2,11,12,13)(H2,14,15,16). The molecule has 0 spiro atoms. The van der Waals surface area contributed by atoms with E-state index in [1.165, 1.54) is 0 Å². The summed E-state index contributed by atoms with van der Waals surface area (Å²) >= 11 is 0. The highest BCUT2D eigenvalue weighted by Crippen LogP contribution is 2.58. The van der Waals surface area contributed by atoms with E-state index < -0.39 is 20.7 Å². The third-order valence-electron chi connectivity index (χ3n) is 3.15. The second-order valence-electron chi connectivity index (χ2n) is 4.71. The van der Waals surface area contributed by atoms with Gasteiger partial charge in [0.2, 0.25) is 5.52 Å². The van der Waals surface area contributed by atoms with E-state index in [1.807, 2.05) is 6.92 Å². The number of hydrogen-bond acceptors (Lipinski definition) is 4. The number of hydrogen-bond donors (Lipinski definition) is 6. The van der Waals surface area contributed by atoms with E-state index >= 15 is 0 Å². The Hall–Kier alpha value is 0.220. The fraction of sp³-hybridized carbons (Fsp3) is 1.00. The normalized spacial score (nSPS) is 26.6. The Morgan fingerprint density at radius 2 is 1.56 bits per heavy atom. The van der Waals surface area contributed by atoms with E-state index in [1.54, 1.807) is 0 Å². The lowest BCUT2D eigenvalue weighted by molar-refractivity contribution is 0.244. The molecule has 2 unspecified atom stereocenters. The van der Waals surface area contributed by atoms with Crippen molar-refractivity contribution in [1.82, 2.24) is 10.9 Å². The van der Waals surface area contributed by atoms with Gasteiger partial charge in [-0.1, -0.05) is 19.8 Å². The molecule has 18 heavy (non-hydrogen) atoms. The first kappa shape index (κ1) is 16.3. The van der Waals surface area contributed by atoms with Crippen molar-refractivity contribution in [2.75, 3.05) is 0 Å². The quantitative estimate of drug-likeness (QED) is 0.315. The van der Waals surface area contributed by atoms with Crippen LogP contribution in [-0.4, -0.2) is 31.1 Å². The molecule has 0 aromatic rings. The van der Waals surface area contributed by atoms with Crippen LogP contribution in [-0.2, 0) is 9.13 Å². The van der Waals surface area contributed by atoms with Crippen LogP contribution in [0, 0.1) is 5.92 Å². The first-order valence-corrected chi connectivity index (χ1v) is 9.10. The Labute approximate surface area is 105 Å². The lowest BCUT2D eigenvalue weighted by Crippen LogP contribution is -2.49. The fourth-order valence-corrected chi connectivity index (χ4v) is 4.13. The summed E-state index contributed by atoms with van der Waals surface area (Å²) in [4.78, 5) is 35.7. The Bertz CT molecular complexity index is 345. The Morgan fingerprint density at radius 3 is 2.00 bits per heavy atom. The molecule has 0 radical (unpaired) electrons. The minimum absolute atomic E-state index is 0.0423. The zero-order valence-electron chi connectivity index (χ0n) is 10.1. The van der Waals surface area contributed by atoms with Crippen LogP contribution in [0.15, 0.2) is 0 Å². The zero-order valence-corrected chi connectivity index (χ0v) is 11.8. The molecule has 2 atom stereocenters. The molecule has 1 rings (SSSR count). The second-order valence-corrected chi connectivity index (χ2v) is 8.51. The minimum atomic E-state index is -4.92. The lowest BCUT2D eigenvalue weighted by atomic mass is 9.86. The van der Waals surface area contributed by atoms with Crippen LogP contribution in [0.5, 0.6) is 0 Å². The fourth-order valence-electron chi connectivity index (χ4n) is 2.08. The largest absolute Gasteiger partial charge is 0.356 e. The molecule has 0 saturated heterocycles. The molecule has 10 heteroatoms. The van der Waals surface area contributed by atoms with Crippen LogP contribution in [0.2, 0.25) is 0 Å². The van der Waals surface area contributed by atoms with Gasteiger partial charge in [-0.05, 0) is 18.8 Å². The van der Waals surface area contributed by atoms with Gasteiger partial charge in [0.05, 0.1) is 0 Å². The molecule has 0 amide bonds. The molecular weight excluding hydrogens is 282 g/mol. The maximum atomic E-state index is 11.0. The van der Waals surface area contributed by atoms with Crippen LogP contribution in [0.3, 0.4) is 0 Å². The van der Waals surface area contributed by atoms with Gasteiger partial charge >= 0.3 is 15.2 Å². The van der Waals surface area contributed by atoms with Gasteiger partial charge in [0, 0.05) is 6.04 Å². The van der Waals surface area contributed by atoms with Gasteiger partial charge in [-0.15, -0.1) is 0 Å². The molecule has 0 aromatic heterocycles. The van der Waals surface area contributed by atoms with Gasteiger partial charge in [0.15, 0.2) is 0 Å². The van der Waals surface area contributed by atoms with Gasteiger partial charge in [0.1, 0.15) is 0 Å². The van der Waals surface area contributed by atoms with Crippen LogP contribution in [0.1, 0.15) is 32.6 Å². The van der Waals surface area contributed by atoms with Crippen LogP contribution >= 0.6 is 15.2 Å². The molecule has 1 aliphatic rings. The third kappa shape index (κ3) is 4.72. The van der Waals surface area contributed by atoms with E-state index in [-0.39, 0.29) is 6.04 Å². The van der Waals surface area contributed by atoms with Crippen LogP contribution < -0.4 is 10.9 Å². The summed E-state index contributed by atoms with van der Waals surface area (Å²) in [5.74, 6) is 0.292. The highest BCUT2D eigenvalue weighted by Gasteiger charge is 2.43. The first-order valence-electron chi connectivity index (χ1n) is 5.74. The molecule has 1 aliphatic carbocycles. The van der Waals surface area contributed by atoms with E-state index in [2.05, 4.69) is 10.9 Å². The summed E-state index contributed by atoms with van der Waals surface area (Å²) in [7, 11) is -9.84. The first-order chi connectivity index (χ1) is 8.12. The van der Waals surface area contributed by atoms with Gasteiger partial charge in [-0.3, -0.25) is 14.6 Å². The molecule has 0 aliphatic heterocycles. The summed E-state index contributed by atoms with van der Waals surface area (Å²) in [5, 5.41) is 0. The highest BCUT2D eigenvalue weighted by molar-refractivity contribution is 7.70. The van der Waals surface area contributed by atoms with Crippen LogP contribution in [0.25, 0.3) is 0 Å². The van der Waals surface area contributed by atoms with Crippen LogP contribution in [0.4, 0.5) is 0 Å². The van der Waals surface area contributed by atoms with Crippen molar-refractivity contribution in [1.29, 1.82) is 0 Å². The van der Waals surface area contributed by atoms with Crippen molar-refractivity contribution < 1.29 is 28.7 Å². The number of rotatable bonds is 5. The molecule has 6 N–H and O–H groups in total. The minimum Gasteiger partial charge on any atom is -0.323 e. The van der Waals surface area contributed by atoms with Gasteiger partial charge < -0.3 is 19.6 Å². The van der Waals surface area contributed by atoms with Gasteiger partial charge in [0.25, 0.3) is 0 Å². The summed E-state index contributed by atoms with van der Waals surface area (Å²) < 4.78 is 22.1. The number of nitrogens with one attached hydrogen (secondary N) is 2. The summed E-state index contributed by atoms with van der Waals surface area (Å²) in [6.45, 7) is 1.99. The third-order valence-corrected chi connectivity index (χ3v) is 6.48. The van der Waals surface area contributed by atoms with Crippen molar-refractivity contribution in [2.45, 2.75) is 44.2 Å². The smallest absolute Gasteiger partial charge is 0.323 e. The number of hydrazine groups is 1. The summed E-state index contributed by atoms with van der Waals surface area (Å²) in [6, 6.07) is -0.0423. The molecule has 0 aromatic carbocycles. The van der Waals surface area contributed by atoms with Crippen molar-refractivity contribution in [3.05, 3.63) is 0 Å². The maximum Gasteiger partial charge on any atom is 0.356 e. The van der Waals surface area contributed by atoms with E-state index in [0.29, 0.717) is 5.92 Å². The van der Waals surface area contributed by atoms with E-state index in [9.17, 15) is 9.13 Å². The average Bonchev–Trinajstić information content (AvgIpc) is 2.17. The van der Waals surface area contributed by atoms with Crippen molar-refractivity contribution in [3.63, 3.8) is 0 Å². The Kier molecular flexibility index (Phi) is 5.53. The zero-order chi connectivity index (χ0) is 14.0. The van der Waals surface area contributed by atoms with Gasteiger partial charge in [-0.25, -0.2) is 5.43 Å². The van der Waals surface area contributed by atoms with Crippen molar-refractivity contribution in [3.8, 4) is 0 Å². The van der Waals surface area contributed by atoms with Crippen molar-refractivity contribution >= 4 is 15.2 Å². The van der Waals surface area contributed by atoms with Crippen molar-refractivity contribution in [2.24, 2.45) is 5.92 Å². The SMILES string of the molecule is CC1CCCCC1NNC(P(=O)(O)O)P(=O)(O)O. The molecule has 8 nitrogen and oxygen atoms in total. The van der Waals surface area contributed by atoms with E-state index in [4.69, 9.17) is 19.6 Å². The molecule has 1 saturated carbocycles. The Morgan fingerprint density at radius 1 is 1.06 bits per heavy atom. The molecule has 1 fully saturated rings. The predicted octanol–water partition coefficient (Wildman–Crippen LogP) is 0.298. The second kappa shape index (κ2) is 6.11. The van der Waals surface area contributed by atoms with Gasteiger partial charge in [-0.2, -0.15) is 0 Å². The summed E-state index contributed by atoms with van der Waals surface area (Å²) in [6.07, 6.45) is 3.87. The lowest BCUT2D eigenvalue weighted by Gasteiger charge is -2.31. The molecule has 108 valence electrons. The average molecular weight is 302 g/mol. The summed E-state index contributed by atoms with van der Waals surface area (Å²) in [5.41, 5.74) is 2.58. The molecular formula is C8H20N2O6P2. The predicted molar refractivity (Wildman–Crippen MR) is 65.6 cm³/mol. The molecule has 0 heterocycles. The maximum absolute atomic E-state index is 11.0. The molecule has 0 bridgehead atoms. The monoisotopic (exact) mass is 302 g/mol. The topological polar surface area (TPSA) is 139 Å². The Balaban J connectivity index is 2.63. The van der Waals surface area contributed by atoms with E-state index in [0.717, 1.165) is 25.7 Å².